The zero-order valence-electron chi connectivity index (χ0n) is 14.7. The van der Waals surface area contributed by atoms with Gasteiger partial charge < -0.3 is 4.74 Å². The Hall–Kier alpha value is -2.93. The Bertz CT molecular complexity index is 927. The number of fused-ring (bicyclic) bond motifs is 1. The minimum absolute atomic E-state index is 0.226. The number of benzene rings is 1. The summed E-state index contributed by atoms with van der Waals surface area (Å²) in [5.41, 5.74) is 2.84. The maximum Gasteiger partial charge on any atom is 0.430 e. The van der Waals surface area contributed by atoms with Crippen molar-refractivity contribution in [2.24, 2.45) is 5.84 Å². The van der Waals surface area contributed by atoms with Crippen LogP contribution in [0.1, 0.15) is 26.3 Å². The van der Waals surface area contributed by atoms with Gasteiger partial charge >= 0.3 is 6.09 Å². The van der Waals surface area contributed by atoms with Crippen molar-refractivity contribution in [3.05, 3.63) is 48.3 Å². The standard InChI is InChI=1S/C18H21N5O2/c1-12-7-5-6-8-14(12)22-10-9-13-16(22)20-11-15(21-13)23(19)17(24)25-18(2,3)4/h5-11H,19H2,1-4H3. The molecule has 0 aliphatic carbocycles. The summed E-state index contributed by atoms with van der Waals surface area (Å²) in [6.07, 6.45) is 2.67. The Kier molecular flexibility index (Phi) is 4.18. The highest BCUT2D eigenvalue weighted by Crippen LogP contribution is 2.22. The Balaban J connectivity index is 1.95. The van der Waals surface area contributed by atoms with Crippen molar-refractivity contribution in [2.75, 3.05) is 5.01 Å². The SMILES string of the molecule is Cc1ccccc1-n1ccc2nc(N(N)C(=O)OC(C)(C)C)cnc21. The highest BCUT2D eigenvalue weighted by atomic mass is 16.6. The molecule has 7 nitrogen and oxygen atoms in total. The number of hydrogen-bond acceptors (Lipinski definition) is 5. The third-order valence-electron chi connectivity index (χ3n) is 3.59. The second kappa shape index (κ2) is 6.18. The van der Waals surface area contributed by atoms with E-state index in [0.29, 0.717) is 11.2 Å². The average Bonchev–Trinajstić information content (AvgIpc) is 2.96. The van der Waals surface area contributed by atoms with Gasteiger partial charge in [-0.15, -0.1) is 0 Å². The summed E-state index contributed by atoms with van der Waals surface area (Å²) in [6, 6.07) is 9.84. The summed E-state index contributed by atoms with van der Waals surface area (Å²) in [6.45, 7) is 7.36. The van der Waals surface area contributed by atoms with Crippen molar-refractivity contribution in [1.82, 2.24) is 14.5 Å². The molecule has 0 spiro atoms. The molecule has 0 bridgehead atoms. The Morgan fingerprint density at radius 2 is 1.96 bits per heavy atom. The lowest BCUT2D eigenvalue weighted by Gasteiger charge is -2.23. The van der Waals surface area contributed by atoms with E-state index in [4.69, 9.17) is 10.6 Å². The van der Waals surface area contributed by atoms with E-state index in [1.165, 1.54) is 6.20 Å². The summed E-state index contributed by atoms with van der Waals surface area (Å²) in [7, 11) is 0. The molecule has 0 radical (unpaired) electrons. The monoisotopic (exact) mass is 339 g/mol. The predicted octanol–water partition coefficient (Wildman–Crippen LogP) is 3.34. The Labute approximate surface area is 146 Å². The van der Waals surface area contributed by atoms with Gasteiger partial charge in [0.2, 0.25) is 0 Å². The van der Waals surface area contributed by atoms with Crippen LogP contribution in [0.15, 0.2) is 42.7 Å². The molecule has 0 unspecified atom stereocenters. The zero-order valence-corrected chi connectivity index (χ0v) is 14.7. The molecule has 0 aliphatic rings. The summed E-state index contributed by atoms with van der Waals surface area (Å²) in [5, 5.41) is 0.864. The Morgan fingerprint density at radius 1 is 1.24 bits per heavy atom. The van der Waals surface area contributed by atoms with Gasteiger partial charge in [0.1, 0.15) is 11.1 Å². The van der Waals surface area contributed by atoms with Crippen LogP contribution in [0.3, 0.4) is 0 Å². The first-order valence-electron chi connectivity index (χ1n) is 7.94. The third kappa shape index (κ3) is 3.46. The van der Waals surface area contributed by atoms with Crippen molar-refractivity contribution in [3.63, 3.8) is 0 Å². The number of nitrogens with two attached hydrogens (primary N) is 1. The fraction of sp³-hybridized carbons (Fsp3) is 0.278. The van der Waals surface area contributed by atoms with Crippen LogP contribution in [0.4, 0.5) is 10.6 Å². The zero-order chi connectivity index (χ0) is 18.2. The van der Waals surface area contributed by atoms with Gasteiger partial charge in [0.15, 0.2) is 11.5 Å². The maximum atomic E-state index is 12.1. The minimum Gasteiger partial charge on any atom is -0.442 e. The minimum atomic E-state index is -0.681. The second-order valence-electron chi connectivity index (χ2n) is 6.76. The van der Waals surface area contributed by atoms with Crippen LogP contribution in [0, 0.1) is 6.92 Å². The van der Waals surface area contributed by atoms with Gasteiger partial charge in [-0.1, -0.05) is 18.2 Å². The number of amides is 1. The molecule has 2 aromatic heterocycles. The third-order valence-corrected chi connectivity index (χ3v) is 3.59. The number of carbonyl (C=O) groups excluding carboxylic acids is 1. The number of hydrazine groups is 1. The molecule has 1 amide bonds. The van der Waals surface area contributed by atoms with E-state index in [-0.39, 0.29) is 5.82 Å². The molecule has 130 valence electrons. The number of rotatable bonds is 2. The molecule has 2 N–H and O–H groups in total. The van der Waals surface area contributed by atoms with Crippen molar-refractivity contribution in [1.29, 1.82) is 0 Å². The molecule has 0 saturated heterocycles. The number of aromatic nitrogens is 3. The average molecular weight is 339 g/mol. The largest absolute Gasteiger partial charge is 0.442 e. The van der Waals surface area contributed by atoms with E-state index in [0.717, 1.165) is 16.3 Å². The highest BCUT2D eigenvalue weighted by Gasteiger charge is 2.22. The van der Waals surface area contributed by atoms with E-state index < -0.39 is 11.7 Å². The number of carbonyl (C=O) groups is 1. The second-order valence-corrected chi connectivity index (χ2v) is 6.76. The lowest BCUT2D eigenvalue weighted by molar-refractivity contribution is 0.0579. The van der Waals surface area contributed by atoms with E-state index in [9.17, 15) is 4.79 Å². The first-order chi connectivity index (χ1) is 11.8. The molecule has 0 fully saturated rings. The predicted molar refractivity (Wildman–Crippen MR) is 96.5 cm³/mol. The van der Waals surface area contributed by atoms with E-state index in [2.05, 4.69) is 9.97 Å². The number of ether oxygens (including phenoxy) is 1. The van der Waals surface area contributed by atoms with Crippen molar-refractivity contribution in [3.8, 4) is 5.69 Å². The fourth-order valence-electron chi connectivity index (χ4n) is 2.45. The molecule has 0 aliphatic heterocycles. The molecule has 0 saturated carbocycles. The maximum absolute atomic E-state index is 12.1. The van der Waals surface area contributed by atoms with Gasteiger partial charge in [-0.3, -0.25) is 4.57 Å². The topological polar surface area (TPSA) is 86.3 Å². The van der Waals surface area contributed by atoms with Gasteiger partial charge in [0.05, 0.1) is 6.20 Å². The van der Waals surface area contributed by atoms with Gasteiger partial charge in [-0.2, -0.15) is 5.01 Å². The first-order valence-corrected chi connectivity index (χ1v) is 7.94. The van der Waals surface area contributed by atoms with E-state index in [1.54, 1.807) is 20.8 Å². The van der Waals surface area contributed by atoms with Crippen molar-refractivity contribution >= 4 is 23.1 Å². The molecule has 3 rings (SSSR count). The number of hydrogen-bond donors (Lipinski definition) is 1. The van der Waals surface area contributed by atoms with Crippen molar-refractivity contribution in [2.45, 2.75) is 33.3 Å². The summed E-state index contributed by atoms with van der Waals surface area (Å²) >= 11 is 0. The highest BCUT2D eigenvalue weighted by molar-refractivity contribution is 5.86. The smallest absolute Gasteiger partial charge is 0.430 e. The van der Waals surface area contributed by atoms with E-state index in [1.807, 2.05) is 48.0 Å². The number of para-hydroxylation sites is 1. The first kappa shape index (κ1) is 16.9. The van der Waals surface area contributed by atoms with Gasteiger partial charge in [-0.05, 0) is 45.4 Å². The molecular weight excluding hydrogens is 318 g/mol. The molecule has 2 heterocycles. The lowest BCUT2D eigenvalue weighted by atomic mass is 10.2. The van der Waals surface area contributed by atoms with Crippen molar-refractivity contribution < 1.29 is 9.53 Å². The molecular formula is C18H21N5O2. The van der Waals surface area contributed by atoms with Crippen LogP contribution in [0.2, 0.25) is 0 Å². The fourth-order valence-corrected chi connectivity index (χ4v) is 2.45. The van der Waals surface area contributed by atoms with Crippen LogP contribution in [0.25, 0.3) is 16.9 Å². The van der Waals surface area contributed by atoms with E-state index >= 15 is 0 Å². The summed E-state index contributed by atoms with van der Waals surface area (Å²) in [4.78, 5) is 20.9. The molecule has 3 aromatic rings. The molecule has 1 aromatic carbocycles. The summed E-state index contributed by atoms with van der Waals surface area (Å²) in [5.74, 6) is 6.05. The quantitative estimate of drug-likeness (QED) is 0.439. The summed E-state index contributed by atoms with van der Waals surface area (Å²) < 4.78 is 7.20. The van der Waals surface area contributed by atoms with Gasteiger partial charge in [0, 0.05) is 11.9 Å². The lowest BCUT2D eigenvalue weighted by Crippen LogP contribution is -2.42. The van der Waals surface area contributed by atoms with Crippen LogP contribution in [0.5, 0.6) is 0 Å². The van der Waals surface area contributed by atoms with Crippen LogP contribution >= 0.6 is 0 Å². The van der Waals surface area contributed by atoms with Crippen LogP contribution < -0.4 is 10.9 Å². The normalized spacial score (nSPS) is 11.6. The number of anilines is 1. The van der Waals surface area contributed by atoms with Gasteiger partial charge in [-0.25, -0.2) is 20.6 Å². The Morgan fingerprint density at radius 3 is 2.64 bits per heavy atom. The number of nitrogens with zero attached hydrogens (tertiary/aromatic N) is 4. The molecule has 25 heavy (non-hydrogen) atoms. The molecule has 0 atom stereocenters. The number of aryl methyl sites for hydroxylation is 1. The van der Waals surface area contributed by atoms with Crippen LogP contribution in [-0.2, 0) is 4.74 Å². The van der Waals surface area contributed by atoms with Crippen LogP contribution in [-0.4, -0.2) is 26.2 Å². The van der Waals surface area contributed by atoms with Gasteiger partial charge in [0.25, 0.3) is 0 Å². The molecule has 7 heteroatoms.